The van der Waals surface area contributed by atoms with Gasteiger partial charge in [-0.25, -0.2) is 5.48 Å². The maximum absolute atomic E-state index is 12.1. The standard InChI is InChI=1S/C13H15N3O4S/c1-20-14-13(17)10-6-4-8-16(10)12-9-5-2-3-7-11(9)21(18,19)15-12/h2-3,5,7,10H,4,6,8H2,1H3,(H,14,17). The van der Waals surface area contributed by atoms with E-state index in [0.717, 1.165) is 6.42 Å². The van der Waals surface area contributed by atoms with E-state index in [0.29, 0.717) is 24.4 Å². The number of benzene rings is 1. The van der Waals surface area contributed by atoms with Crippen molar-refractivity contribution in [2.45, 2.75) is 23.8 Å². The number of nitrogens with zero attached hydrogens (tertiary/aromatic N) is 2. The summed E-state index contributed by atoms with van der Waals surface area (Å²) in [5.74, 6) is 0.0545. The molecule has 1 aromatic rings. The number of rotatable bonds is 2. The molecule has 0 saturated carbocycles. The van der Waals surface area contributed by atoms with Crippen LogP contribution in [0.25, 0.3) is 0 Å². The molecule has 1 saturated heterocycles. The van der Waals surface area contributed by atoms with Crippen LogP contribution >= 0.6 is 0 Å². The summed E-state index contributed by atoms with van der Waals surface area (Å²) in [4.78, 5) is 18.6. The van der Waals surface area contributed by atoms with Crippen LogP contribution in [0.4, 0.5) is 0 Å². The van der Waals surface area contributed by atoms with Gasteiger partial charge < -0.3 is 4.90 Å². The fraction of sp³-hybridized carbons (Fsp3) is 0.385. The molecule has 1 amide bonds. The summed E-state index contributed by atoms with van der Waals surface area (Å²) in [6.45, 7) is 0.588. The first-order chi connectivity index (χ1) is 10.0. The maximum atomic E-state index is 12.1. The van der Waals surface area contributed by atoms with E-state index in [9.17, 15) is 13.2 Å². The van der Waals surface area contributed by atoms with Crippen LogP contribution in [0.5, 0.6) is 0 Å². The topological polar surface area (TPSA) is 88.1 Å². The molecule has 7 nitrogen and oxygen atoms in total. The molecule has 0 aromatic heterocycles. The van der Waals surface area contributed by atoms with Gasteiger partial charge in [-0.05, 0) is 25.0 Å². The smallest absolute Gasteiger partial charge is 0.285 e. The van der Waals surface area contributed by atoms with Crippen LogP contribution in [0.1, 0.15) is 18.4 Å². The van der Waals surface area contributed by atoms with E-state index in [-0.39, 0.29) is 10.8 Å². The van der Waals surface area contributed by atoms with Crippen LogP contribution in [0, 0.1) is 0 Å². The molecule has 1 atom stereocenters. The molecule has 112 valence electrons. The molecule has 8 heteroatoms. The maximum Gasteiger partial charge on any atom is 0.285 e. The Morgan fingerprint density at radius 2 is 2.19 bits per heavy atom. The number of carbonyl (C=O) groups is 1. The molecule has 0 radical (unpaired) electrons. The van der Waals surface area contributed by atoms with E-state index in [1.807, 2.05) is 0 Å². The summed E-state index contributed by atoms with van der Waals surface area (Å²) in [5.41, 5.74) is 2.85. The van der Waals surface area contributed by atoms with Gasteiger partial charge in [-0.3, -0.25) is 9.63 Å². The summed E-state index contributed by atoms with van der Waals surface area (Å²) in [6, 6.07) is 6.19. The summed E-state index contributed by atoms with van der Waals surface area (Å²) in [6.07, 6.45) is 1.43. The van der Waals surface area contributed by atoms with E-state index in [2.05, 4.69) is 14.7 Å². The van der Waals surface area contributed by atoms with Crippen molar-refractivity contribution in [2.24, 2.45) is 4.40 Å². The largest absolute Gasteiger partial charge is 0.343 e. The van der Waals surface area contributed by atoms with E-state index < -0.39 is 16.1 Å². The molecule has 1 N–H and O–H groups in total. The lowest BCUT2D eigenvalue weighted by atomic mass is 10.1. The number of sulfonamides is 1. The lowest BCUT2D eigenvalue weighted by molar-refractivity contribution is -0.134. The number of carbonyl (C=O) groups excluding carboxylic acids is 1. The van der Waals surface area contributed by atoms with E-state index in [1.165, 1.54) is 13.2 Å². The zero-order chi connectivity index (χ0) is 15.0. The fourth-order valence-corrected chi connectivity index (χ4v) is 3.97. The molecule has 21 heavy (non-hydrogen) atoms. The molecule has 3 rings (SSSR count). The zero-order valence-corrected chi connectivity index (χ0v) is 12.3. The predicted molar refractivity (Wildman–Crippen MR) is 75.0 cm³/mol. The molecular weight excluding hydrogens is 294 g/mol. The van der Waals surface area contributed by atoms with Gasteiger partial charge in [-0.2, -0.15) is 8.42 Å². The quantitative estimate of drug-likeness (QED) is 0.793. The fourth-order valence-electron chi connectivity index (χ4n) is 2.76. The third kappa shape index (κ3) is 2.30. The highest BCUT2D eigenvalue weighted by molar-refractivity contribution is 7.90. The van der Waals surface area contributed by atoms with Crippen molar-refractivity contribution >= 4 is 21.8 Å². The van der Waals surface area contributed by atoms with Gasteiger partial charge in [-0.1, -0.05) is 12.1 Å². The van der Waals surface area contributed by atoms with Crippen molar-refractivity contribution < 1.29 is 18.0 Å². The van der Waals surface area contributed by atoms with E-state index in [1.54, 1.807) is 23.1 Å². The second-order valence-corrected chi connectivity index (χ2v) is 6.48. The summed E-state index contributed by atoms with van der Waals surface area (Å²) in [7, 11) is -2.31. The number of likely N-dealkylation sites (tertiary alicyclic amines) is 1. The normalized spacial score (nSPS) is 22.8. The monoisotopic (exact) mass is 309 g/mol. The number of fused-ring (bicyclic) bond motifs is 1. The predicted octanol–water partition coefficient (Wildman–Crippen LogP) is 0.277. The Bertz CT molecular complexity index is 714. The van der Waals surface area contributed by atoms with E-state index >= 15 is 0 Å². The molecule has 1 unspecified atom stereocenters. The first-order valence-electron chi connectivity index (χ1n) is 6.58. The summed E-state index contributed by atoms with van der Waals surface area (Å²) >= 11 is 0. The third-order valence-corrected chi connectivity index (χ3v) is 4.97. The molecule has 2 heterocycles. The van der Waals surface area contributed by atoms with Crippen molar-refractivity contribution in [1.29, 1.82) is 0 Å². The number of hydrogen-bond donors (Lipinski definition) is 1. The minimum Gasteiger partial charge on any atom is -0.343 e. The van der Waals surface area contributed by atoms with Crippen molar-refractivity contribution in [1.82, 2.24) is 10.4 Å². The number of hydrogen-bond acceptors (Lipinski definition) is 5. The molecule has 1 fully saturated rings. The van der Waals surface area contributed by atoms with Gasteiger partial charge in [0, 0.05) is 12.1 Å². The zero-order valence-electron chi connectivity index (χ0n) is 11.4. The molecule has 2 aliphatic heterocycles. The Labute approximate surface area is 122 Å². The Balaban J connectivity index is 1.99. The molecule has 0 aliphatic carbocycles. The minimum absolute atomic E-state index is 0.192. The SMILES string of the molecule is CONC(=O)C1CCCN1C1=NS(=O)(=O)c2ccccc21. The number of hydroxylamine groups is 1. The van der Waals surface area contributed by atoms with Crippen molar-refractivity contribution in [3.8, 4) is 0 Å². The molecular formula is C13H15N3O4S. The van der Waals surface area contributed by atoms with E-state index in [4.69, 9.17) is 0 Å². The van der Waals surface area contributed by atoms with Gasteiger partial charge in [-0.15, -0.1) is 4.40 Å². The van der Waals surface area contributed by atoms with Crippen LogP contribution in [0.3, 0.4) is 0 Å². The van der Waals surface area contributed by atoms with Crippen LogP contribution in [-0.4, -0.2) is 44.8 Å². The Hall–Kier alpha value is -1.93. The van der Waals surface area contributed by atoms with Crippen molar-refractivity contribution in [2.75, 3.05) is 13.7 Å². The third-order valence-electron chi connectivity index (χ3n) is 3.64. The highest BCUT2D eigenvalue weighted by Gasteiger charge is 2.39. The highest BCUT2D eigenvalue weighted by Crippen LogP contribution is 2.30. The van der Waals surface area contributed by atoms with Gasteiger partial charge in [0.25, 0.3) is 15.9 Å². The average Bonchev–Trinajstić information content (AvgIpc) is 3.03. The van der Waals surface area contributed by atoms with Gasteiger partial charge >= 0.3 is 0 Å². The Morgan fingerprint density at radius 1 is 1.43 bits per heavy atom. The second kappa shape index (κ2) is 5.12. The van der Waals surface area contributed by atoms with Crippen LogP contribution in [0.15, 0.2) is 33.6 Å². The summed E-state index contributed by atoms with van der Waals surface area (Å²) in [5, 5.41) is 0. The van der Waals surface area contributed by atoms with Gasteiger partial charge in [0.1, 0.15) is 10.9 Å². The first kappa shape index (κ1) is 14.0. The molecule has 0 spiro atoms. The highest BCUT2D eigenvalue weighted by atomic mass is 32.2. The molecule has 0 bridgehead atoms. The van der Waals surface area contributed by atoms with Crippen molar-refractivity contribution in [3.63, 3.8) is 0 Å². The lowest BCUT2D eigenvalue weighted by Crippen LogP contribution is -2.45. The molecule has 1 aromatic carbocycles. The van der Waals surface area contributed by atoms with Gasteiger partial charge in [0.2, 0.25) is 0 Å². The van der Waals surface area contributed by atoms with Gasteiger partial charge in [0.05, 0.1) is 7.11 Å². The Morgan fingerprint density at radius 3 is 2.95 bits per heavy atom. The number of amidine groups is 1. The number of nitrogens with one attached hydrogen (secondary N) is 1. The second-order valence-electron chi connectivity index (χ2n) is 4.91. The average molecular weight is 309 g/mol. The van der Waals surface area contributed by atoms with Crippen LogP contribution in [-0.2, 0) is 19.7 Å². The molecule has 2 aliphatic rings. The lowest BCUT2D eigenvalue weighted by Gasteiger charge is -2.25. The minimum atomic E-state index is -3.67. The van der Waals surface area contributed by atoms with Crippen LogP contribution in [0.2, 0.25) is 0 Å². The van der Waals surface area contributed by atoms with Gasteiger partial charge in [0.15, 0.2) is 5.84 Å². The first-order valence-corrected chi connectivity index (χ1v) is 8.02. The van der Waals surface area contributed by atoms with Crippen LogP contribution < -0.4 is 5.48 Å². The summed E-state index contributed by atoms with van der Waals surface area (Å²) < 4.78 is 28.0. The van der Waals surface area contributed by atoms with Crippen molar-refractivity contribution in [3.05, 3.63) is 29.8 Å². The number of amides is 1. The Kier molecular flexibility index (Phi) is 3.42.